The van der Waals surface area contributed by atoms with Crippen LogP contribution in [-0.4, -0.2) is 38.8 Å². The molecule has 3 aromatic rings. The van der Waals surface area contributed by atoms with Crippen molar-refractivity contribution in [2.45, 2.75) is 13.3 Å². The summed E-state index contributed by atoms with van der Waals surface area (Å²) in [6, 6.07) is 12.8. The molecule has 0 bridgehead atoms. The molecule has 0 aliphatic heterocycles. The maximum Gasteiger partial charge on any atom is 0.278 e. The first-order chi connectivity index (χ1) is 13.9. The number of anilines is 1. The fourth-order valence-corrected chi connectivity index (χ4v) is 2.69. The Bertz CT molecular complexity index is 1070. The Hall–Kier alpha value is -4.08. The van der Waals surface area contributed by atoms with Crippen molar-refractivity contribution >= 4 is 23.2 Å². The van der Waals surface area contributed by atoms with Gasteiger partial charge in [-0.15, -0.1) is 5.10 Å². The molecule has 0 atom stereocenters. The molecule has 1 aromatic heterocycles. The summed E-state index contributed by atoms with van der Waals surface area (Å²) in [5, 5.41) is 24.1. The second kappa shape index (κ2) is 8.30. The molecule has 148 valence electrons. The number of rotatable bonds is 6. The average molecular weight is 394 g/mol. The predicted molar refractivity (Wildman–Crippen MR) is 105 cm³/mol. The molecule has 0 saturated heterocycles. The third-order valence-corrected chi connectivity index (χ3v) is 4.25. The number of likely N-dealkylation sites (N-methyl/N-ethyl adjacent to an activating group) is 1. The zero-order valence-electron chi connectivity index (χ0n) is 15.7. The summed E-state index contributed by atoms with van der Waals surface area (Å²) in [6.07, 6.45) is 0.251. The van der Waals surface area contributed by atoms with Crippen LogP contribution in [0.5, 0.6) is 0 Å². The third kappa shape index (κ3) is 4.43. The number of nitrogens with one attached hydrogen (secondary N) is 2. The fourth-order valence-electron chi connectivity index (χ4n) is 2.69. The SMILES string of the molecule is CNC(=O)Cc1ccc(NC(=O)c2nnn(-c3cccc([N+](=O)[O-])c3)c2C)cc1. The number of non-ortho nitro benzene ring substituents is 1. The van der Waals surface area contributed by atoms with E-state index in [0.717, 1.165) is 5.56 Å². The van der Waals surface area contributed by atoms with E-state index in [1.54, 1.807) is 44.3 Å². The first kappa shape index (κ1) is 19.7. The van der Waals surface area contributed by atoms with Crippen molar-refractivity contribution in [1.29, 1.82) is 0 Å². The third-order valence-electron chi connectivity index (χ3n) is 4.25. The summed E-state index contributed by atoms with van der Waals surface area (Å²) in [5.74, 6) is -0.562. The largest absolute Gasteiger partial charge is 0.359 e. The van der Waals surface area contributed by atoms with Crippen LogP contribution in [0, 0.1) is 17.0 Å². The van der Waals surface area contributed by atoms with E-state index in [4.69, 9.17) is 0 Å². The van der Waals surface area contributed by atoms with Gasteiger partial charge >= 0.3 is 0 Å². The lowest BCUT2D eigenvalue weighted by atomic mass is 10.1. The Morgan fingerprint density at radius 2 is 1.90 bits per heavy atom. The highest BCUT2D eigenvalue weighted by Gasteiger charge is 2.18. The van der Waals surface area contributed by atoms with Gasteiger partial charge in [-0.25, -0.2) is 4.68 Å². The van der Waals surface area contributed by atoms with Crippen LogP contribution in [0.1, 0.15) is 21.7 Å². The van der Waals surface area contributed by atoms with Crippen LogP contribution in [0.25, 0.3) is 5.69 Å². The number of benzene rings is 2. The van der Waals surface area contributed by atoms with Crippen LogP contribution >= 0.6 is 0 Å². The van der Waals surface area contributed by atoms with Crippen molar-refractivity contribution in [2.24, 2.45) is 0 Å². The Morgan fingerprint density at radius 3 is 2.55 bits per heavy atom. The van der Waals surface area contributed by atoms with E-state index in [1.807, 2.05) is 0 Å². The lowest BCUT2D eigenvalue weighted by molar-refractivity contribution is -0.384. The average Bonchev–Trinajstić information content (AvgIpc) is 3.11. The molecular formula is C19H18N6O4. The number of hydrogen-bond acceptors (Lipinski definition) is 6. The van der Waals surface area contributed by atoms with Gasteiger partial charge in [-0.2, -0.15) is 0 Å². The van der Waals surface area contributed by atoms with Crippen molar-refractivity contribution in [3.05, 3.63) is 75.6 Å². The first-order valence-electron chi connectivity index (χ1n) is 8.67. The minimum absolute atomic E-state index is 0.0831. The van der Waals surface area contributed by atoms with Crippen LogP contribution in [0.15, 0.2) is 48.5 Å². The molecule has 0 aliphatic carbocycles. The number of carbonyl (C=O) groups is 2. The normalized spacial score (nSPS) is 10.4. The van der Waals surface area contributed by atoms with Crippen molar-refractivity contribution in [1.82, 2.24) is 20.3 Å². The smallest absolute Gasteiger partial charge is 0.278 e. The predicted octanol–water partition coefficient (Wildman–Crippen LogP) is 2.02. The summed E-state index contributed by atoms with van der Waals surface area (Å²) >= 11 is 0. The molecule has 0 spiro atoms. The molecule has 10 heteroatoms. The Labute approximate surface area is 165 Å². The molecule has 1 heterocycles. The summed E-state index contributed by atoms with van der Waals surface area (Å²) < 4.78 is 1.37. The molecule has 0 unspecified atom stereocenters. The van der Waals surface area contributed by atoms with Gasteiger partial charge in [0.15, 0.2) is 5.69 Å². The maximum absolute atomic E-state index is 12.6. The summed E-state index contributed by atoms with van der Waals surface area (Å²) in [4.78, 5) is 34.4. The van der Waals surface area contributed by atoms with Crippen LogP contribution < -0.4 is 10.6 Å². The number of hydrogen-bond donors (Lipinski definition) is 2. The van der Waals surface area contributed by atoms with Gasteiger partial charge in [0.25, 0.3) is 11.6 Å². The molecule has 2 aromatic carbocycles. The van der Waals surface area contributed by atoms with Gasteiger partial charge < -0.3 is 10.6 Å². The van der Waals surface area contributed by atoms with Gasteiger partial charge in [0.05, 0.1) is 22.7 Å². The minimum atomic E-state index is -0.503. The van der Waals surface area contributed by atoms with Gasteiger partial charge in [-0.05, 0) is 30.7 Å². The number of nitro groups is 1. The highest BCUT2D eigenvalue weighted by molar-refractivity contribution is 6.03. The van der Waals surface area contributed by atoms with Gasteiger partial charge in [0.2, 0.25) is 5.91 Å². The first-order valence-corrected chi connectivity index (χ1v) is 8.67. The van der Waals surface area contributed by atoms with Gasteiger partial charge in [-0.3, -0.25) is 19.7 Å². The van der Waals surface area contributed by atoms with Crippen molar-refractivity contribution in [3.63, 3.8) is 0 Å². The van der Waals surface area contributed by atoms with Crippen LogP contribution in [0.3, 0.4) is 0 Å². The second-order valence-electron chi connectivity index (χ2n) is 6.21. The van der Waals surface area contributed by atoms with Gasteiger partial charge in [0.1, 0.15) is 0 Å². The van der Waals surface area contributed by atoms with Crippen molar-refractivity contribution in [3.8, 4) is 5.69 Å². The molecular weight excluding hydrogens is 376 g/mol. The Morgan fingerprint density at radius 1 is 1.17 bits per heavy atom. The van der Waals surface area contributed by atoms with Crippen molar-refractivity contribution < 1.29 is 14.5 Å². The van der Waals surface area contributed by atoms with Crippen LogP contribution in [0.4, 0.5) is 11.4 Å². The summed E-state index contributed by atoms with van der Waals surface area (Å²) in [5.41, 5.74) is 2.25. The molecule has 10 nitrogen and oxygen atoms in total. The summed E-state index contributed by atoms with van der Waals surface area (Å²) in [6.45, 7) is 1.65. The van der Waals surface area contributed by atoms with E-state index in [1.165, 1.54) is 22.9 Å². The lowest BCUT2D eigenvalue weighted by Crippen LogP contribution is -2.20. The van der Waals surface area contributed by atoms with E-state index in [-0.39, 0.29) is 23.7 Å². The van der Waals surface area contributed by atoms with Crippen LogP contribution in [0.2, 0.25) is 0 Å². The molecule has 29 heavy (non-hydrogen) atoms. The minimum Gasteiger partial charge on any atom is -0.359 e. The van der Waals surface area contributed by atoms with E-state index in [2.05, 4.69) is 20.9 Å². The molecule has 0 fully saturated rings. The highest BCUT2D eigenvalue weighted by Crippen LogP contribution is 2.19. The van der Waals surface area contributed by atoms with E-state index in [0.29, 0.717) is 17.1 Å². The number of nitro benzene ring substituents is 1. The highest BCUT2D eigenvalue weighted by atomic mass is 16.6. The maximum atomic E-state index is 12.6. The molecule has 2 amide bonds. The quantitative estimate of drug-likeness (QED) is 0.486. The second-order valence-corrected chi connectivity index (χ2v) is 6.21. The zero-order valence-corrected chi connectivity index (χ0v) is 15.7. The van der Waals surface area contributed by atoms with Gasteiger partial charge in [-0.1, -0.05) is 23.4 Å². The summed E-state index contributed by atoms with van der Waals surface area (Å²) in [7, 11) is 1.57. The molecule has 0 radical (unpaired) electrons. The fraction of sp³-hybridized carbons (Fsp3) is 0.158. The Balaban J connectivity index is 1.76. The van der Waals surface area contributed by atoms with Gasteiger partial charge in [0, 0.05) is 24.9 Å². The Kier molecular flexibility index (Phi) is 5.63. The lowest BCUT2D eigenvalue weighted by Gasteiger charge is -2.06. The zero-order chi connectivity index (χ0) is 21.0. The topological polar surface area (TPSA) is 132 Å². The number of nitrogens with zero attached hydrogens (tertiary/aromatic N) is 4. The molecule has 0 saturated carbocycles. The number of amides is 2. The molecule has 3 rings (SSSR count). The van der Waals surface area contributed by atoms with Crippen molar-refractivity contribution in [2.75, 3.05) is 12.4 Å². The molecule has 0 aliphatic rings. The number of aromatic nitrogens is 3. The monoisotopic (exact) mass is 394 g/mol. The van der Waals surface area contributed by atoms with E-state index < -0.39 is 10.8 Å². The van der Waals surface area contributed by atoms with E-state index >= 15 is 0 Å². The van der Waals surface area contributed by atoms with Crippen LogP contribution in [-0.2, 0) is 11.2 Å². The van der Waals surface area contributed by atoms with E-state index in [9.17, 15) is 19.7 Å². The standard InChI is InChI=1S/C19H18N6O4/c1-12-18(22-23-24(12)15-4-3-5-16(11-15)25(28)29)19(27)21-14-8-6-13(7-9-14)10-17(26)20-2/h3-9,11H,10H2,1-2H3,(H,20,26)(H,21,27). The number of carbonyl (C=O) groups excluding carboxylic acids is 2. The molecule has 2 N–H and O–H groups in total.